The highest BCUT2D eigenvalue weighted by Crippen LogP contribution is 2.08. The molecule has 6 heteroatoms. The minimum absolute atomic E-state index is 0.0532. The van der Waals surface area contributed by atoms with E-state index in [1.807, 2.05) is 18.2 Å². The molecule has 0 aliphatic rings. The Morgan fingerprint density at radius 2 is 1.95 bits per heavy atom. The summed E-state index contributed by atoms with van der Waals surface area (Å²) in [6, 6.07) is 12.1. The fraction of sp³-hybridized carbons (Fsp3) is 0. The Balaban J connectivity index is 2.12. The average Bonchev–Trinajstić information content (AvgIpc) is 2.47. The zero-order valence-corrected chi connectivity index (χ0v) is 9.95. The summed E-state index contributed by atoms with van der Waals surface area (Å²) in [5.74, 6) is -0.375. The molecule has 0 unspecified atom stereocenters. The molecule has 1 heterocycles. The Bertz CT molecular complexity index is 594. The summed E-state index contributed by atoms with van der Waals surface area (Å²) in [5.41, 5.74) is 6.78. The van der Waals surface area contributed by atoms with E-state index in [4.69, 9.17) is 10.9 Å². The zero-order valence-electron chi connectivity index (χ0n) is 9.95. The molecule has 0 atom stereocenters. The van der Waals surface area contributed by atoms with Crippen LogP contribution in [0.25, 0.3) is 0 Å². The summed E-state index contributed by atoms with van der Waals surface area (Å²) in [4.78, 5) is 15.8. The third kappa shape index (κ3) is 3.06. The predicted octanol–water partition coefficient (Wildman–Crippen LogP) is 1.43. The van der Waals surface area contributed by atoms with Gasteiger partial charge in [0.2, 0.25) is 0 Å². The first-order valence-corrected chi connectivity index (χ1v) is 5.51. The molecule has 2 rings (SSSR count). The van der Waals surface area contributed by atoms with Gasteiger partial charge in [0.1, 0.15) is 5.69 Å². The Hall–Kier alpha value is -2.89. The highest BCUT2D eigenvalue weighted by atomic mass is 16.4. The van der Waals surface area contributed by atoms with Gasteiger partial charge in [0.05, 0.1) is 0 Å². The summed E-state index contributed by atoms with van der Waals surface area (Å²) < 4.78 is 0. The van der Waals surface area contributed by atoms with E-state index in [1.54, 1.807) is 18.2 Å². The van der Waals surface area contributed by atoms with Gasteiger partial charge in [0.25, 0.3) is 5.91 Å². The van der Waals surface area contributed by atoms with Crippen LogP contribution in [0.3, 0.4) is 0 Å². The lowest BCUT2D eigenvalue weighted by molar-refractivity contribution is 0.102. The van der Waals surface area contributed by atoms with E-state index in [0.29, 0.717) is 11.3 Å². The number of nitrogens with zero attached hydrogens (tertiary/aromatic N) is 2. The number of oxime groups is 1. The summed E-state index contributed by atoms with van der Waals surface area (Å²) in [5, 5.41) is 14.1. The molecule has 0 saturated carbocycles. The van der Waals surface area contributed by atoms with Crippen LogP contribution >= 0.6 is 0 Å². The molecule has 0 spiro atoms. The van der Waals surface area contributed by atoms with E-state index < -0.39 is 0 Å². The largest absolute Gasteiger partial charge is 0.409 e. The van der Waals surface area contributed by atoms with Crippen molar-refractivity contribution >= 4 is 17.4 Å². The van der Waals surface area contributed by atoms with Crippen molar-refractivity contribution in [3.63, 3.8) is 0 Å². The highest BCUT2D eigenvalue weighted by Gasteiger charge is 2.08. The average molecular weight is 256 g/mol. The number of hydrogen-bond acceptors (Lipinski definition) is 4. The maximum atomic E-state index is 11.9. The lowest BCUT2D eigenvalue weighted by Crippen LogP contribution is -2.16. The van der Waals surface area contributed by atoms with Gasteiger partial charge in [-0.25, -0.2) is 0 Å². The molecule has 4 N–H and O–H groups in total. The normalized spacial score (nSPS) is 11.1. The Morgan fingerprint density at radius 3 is 2.53 bits per heavy atom. The summed E-state index contributed by atoms with van der Waals surface area (Å²) in [7, 11) is 0. The second kappa shape index (κ2) is 5.63. The molecule has 0 fully saturated rings. The van der Waals surface area contributed by atoms with Crippen molar-refractivity contribution in [2.24, 2.45) is 10.9 Å². The molecule has 1 amide bonds. The van der Waals surface area contributed by atoms with E-state index >= 15 is 0 Å². The first-order valence-electron chi connectivity index (χ1n) is 5.51. The smallest absolute Gasteiger partial charge is 0.274 e. The monoisotopic (exact) mass is 256 g/mol. The van der Waals surface area contributed by atoms with E-state index in [1.165, 1.54) is 12.3 Å². The summed E-state index contributed by atoms with van der Waals surface area (Å²) in [6.45, 7) is 0. The first-order chi connectivity index (χ1) is 9.20. The molecule has 6 nitrogen and oxygen atoms in total. The number of rotatable bonds is 3. The number of carbonyl (C=O) groups is 1. The second-order valence-corrected chi connectivity index (χ2v) is 3.74. The number of amidine groups is 1. The number of para-hydroxylation sites is 1. The molecular formula is C13H12N4O2. The van der Waals surface area contributed by atoms with Crippen molar-refractivity contribution in [3.8, 4) is 0 Å². The molecule has 0 aliphatic heterocycles. The van der Waals surface area contributed by atoms with Gasteiger partial charge in [-0.15, -0.1) is 0 Å². The van der Waals surface area contributed by atoms with Crippen LogP contribution in [0, 0.1) is 0 Å². The van der Waals surface area contributed by atoms with Gasteiger partial charge in [-0.05, 0) is 24.3 Å². The van der Waals surface area contributed by atoms with Gasteiger partial charge in [-0.1, -0.05) is 23.4 Å². The van der Waals surface area contributed by atoms with Gasteiger partial charge in [0.15, 0.2) is 5.84 Å². The molecular weight excluding hydrogens is 244 g/mol. The number of nitrogens with two attached hydrogens (primary N) is 1. The van der Waals surface area contributed by atoms with Gasteiger partial charge in [-0.3, -0.25) is 9.78 Å². The topological polar surface area (TPSA) is 101 Å². The number of pyridine rings is 1. The SMILES string of the molecule is NC(=NO)c1ccc(C(=O)Nc2ccccc2)nc1. The number of benzene rings is 1. The second-order valence-electron chi connectivity index (χ2n) is 3.74. The Morgan fingerprint density at radius 1 is 1.21 bits per heavy atom. The highest BCUT2D eigenvalue weighted by molar-refractivity contribution is 6.03. The number of carbonyl (C=O) groups excluding carboxylic acids is 1. The van der Waals surface area contributed by atoms with Crippen LogP contribution in [-0.4, -0.2) is 21.9 Å². The number of anilines is 1. The molecule has 0 saturated heterocycles. The minimum atomic E-state index is -0.322. The van der Waals surface area contributed by atoms with E-state index in [9.17, 15) is 4.79 Å². The zero-order chi connectivity index (χ0) is 13.7. The van der Waals surface area contributed by atoms with Gasteiger partial charge in [0, 0.05) is 17.4 Å². The van der Waals surface area contributed by atoms with E-state index in [2.05, 4.69) is 15.5 Å². The molecule has 2 aromatic rings. The third-order valence-electron chi connectivity index (χ3n) is 2.43. The summed E-state index contributed by atoms with van der Waals surface area (Å²) >= 11 is 0. The molecule has 0 bridgehead atoms. The van der Waals surface area contributed by atoms with Crippen molar-refractivity contribution in [2.45, 2.75) is 0 Å². The van der Waals surface area contributed by atoms with E-state index in [-0.39, 0.29) is 17.4 Å². The summed E-state index contributed by atoms with van der Waals surface area (Å²) in [6.07, 6.45) is 1.37. The molecule has 0 aliphatic carbocycles. The lowest BCUT2D eigenvalue weighted by Gasteiger charge is -2.04. The fourth-order valence-corrected chi connectivity index (χ4v) is 1.45. The molecule has 96 valence electrons. The number of nitrogens with one attached hydrogen (secondary N) is 1. The van der Waals surface area contributed by atoms with Crippen molar-refractivity contribution in [3.05, 3.63) is 59.9 Å². The predicted molar refractivity (Wildman–Crippen MR) is 71.1 cm³/mol. The van der Waals surface area contributed by atoms with Crippen molar-refractivity contribution in [1.82, 2.24) is 4.98 Å². The van der Waals surface area contributed by atoms with Crippen LogP contribution in [0.4, 0.5) is 5.69 Å². The van der Waals surface area contributed by atoms with Crippen LogP contribution < -0.4 is 11.1 Å². The third-order valence-corrected chi connectivity index (χ3v) is 2.43. The number of hydrogen-bond donors (Lipinski definition) is 3. The molecule has 1 aromatic heterocycles. The van der Waals surface area contributed by atoms with Crippen molar-refractivity contribution < 1.29 is 10.0 Å². The molecule has 19 heavy (non-hydrogen) atoms. The van der Waals surface area contributed by atoms with Crippen LogP contribution in [-0.2, 0) is 0 Å². The standard InChI is InChI=1S/C13H12N4O2/c14-12(17-19)9-6-7-11(15-8-9)13(18)16-10-4-2-1-3-5-10/h1-8,19H,(H2,14,17)(H,16,18). The maximum Gasteiger partial charge on any atom is 0.274 e. The van der Waals surface area contributed by atoms with Crippen LogP contribution in [0.5, 0.6) is 0 Å². The number of amides is 1. The van der Waals surface area contributed by atoms with Crippen LogP contribution in [0.15, 0.2) is 53.8 Å². The molecule has 0 radical (unpaired) electrons. The Labute approximate surface area is 109 Å². The van der Waals surface area contributed by atoms with Crippen LogP contribution in [0.2, 0.25) is 0 Å². The maximum absolute atomic E-state index is 11.9. The Kier molecular flexibility index (Phi) is 3.72. The van der Waals surface area contributed by atoms with Crippen molar-refractivity contribution in [1.29, 1.82) is 0 Å². The van der Waals surface area contributed by atoms with Crippen molar-refractivity contribution in [2.75, 3.05) is 5.32 Å². The number of aromatic nitrogens is 1. The quantitative estimate of drug-likeness (QED) is 0.334. The van der Waals surface area contributed by atoms with E-state index in [0.717, 1.165) is 0 Å². The van der Waals surface area contributed by atoms with Gasteiger partial charge >= 0.3 is 0 Å². The first kappa shape index (κ1) is 12.6. The minimum Gasteiger partial charge on any atom is -0.409 e. The van der Waals surface area contributed by atoms with Crippen LogP contribution in [0.1, 0.15) is 16.1 Å². The molecule has 1 aromatic carbocycles. The van der Waals surface area contributed by atoms with Gasteiger partial charge < -0.3 is 16.3 Å². The lowest BCUT2D eigenvalue weighted by atomic mass is 10.2. The fourth-order valence-electron chi connectivity index (χ4n) is 1.45. The van der Waals surface area contributed by atoms with Gasteiger partial charge in [-0.2, -0.15) is 0 Å².